The Hall–Kier alpha value is -3.27. The number of hydrogen-bond donors (Lipinski definition) is 2. The number of alkyl halides is 3. The second-order valence-electron chi connectivity index (χ2n) is 9.33. The lowest BCUT2D eigenvalue weighted by Crippen LogP contribution is -2.39. The molecule has 2 aromatic carbocycles. The van der Waals surface area contributed by atoms with Crippen molar-refractivity contribution in [3.05, 3.63) is 54.1 Å². The Morgan fingerprint density at radius 3 is 2.22 bits per heavy atom. The van der Waals surface area contributed by atoms with Gasteiger partial charge in [0.15, 0.2) is 0 Å². The molecule has 7 nitrogen and oxygen atoms in total. The molecule has 2 N–H and O–H groups in total. The molecule has 0 spiro atoms. The van der Waals surface area contributed by atoms with Crippen molar-refractivity contribution in [3.8, 4) is 0 Å². The molecule has 2 aliphatic rings. The molecule has 2 aromatic rings. The molecule has 2 saturated heterocycles. The molecular formula is C26H33F3N4O3. The molecule has 1 amide bonds. The summed E-state index contributed by atoms with van der Waals surface area (Å²) in [6.45, 7) is 5.82. The van der Waals surface area contributed by atoms with Gasteiger partial charge < -0.3 is 20.2 Å². The van der Waals surface area contributed by atoms with Crippen LogP contribution in [0.4, 0.5) is 30.2 Å². The third kappa shape index (κ3) is 6.90. The summed E-state index contributed by atoms with van der Waals surface area (Å²) in [7, 11) is 3.90. The first-order valence-corrected chi connectivity index (χ1v) is 12.0. The van der Waals surface area contributed by atoms with Gasteiger partial charge >= 0.3 is 12.1 Å². The van der Waals surface area contributed by atoms with E-state index in [9.17, 15) is 18.0 Å². The van der Waals surface area contributed by atoms with Gasteiger partial charge in [-0.15, -0.1) is 0 Å². The van der Waals surface area contributed by atoms with Crippen LogP contribution >= 0.6 is 0 Å². The predicted molar refractivity (Wildman–Crippen MR) is 135 cm³/mol. The zero-order valence-electron chi connectivity index (χ0n) is 20.8. The number of nitrogens with zero attached hydrogens (tertiary/aromatic N) is 3. The predicted octanol–water partition coefficient (Wildman–Crippen LogP) is 4.70. The molecule has 2 unspecified atom stereocenters. The highest BCUT2D eigenvalue weighted by Gasteiger charge is 2.38. The number of hydrogen-bond acceptors (Lipinski definition) is 5. The van der Waals surface area contributed by atoms with Crippen LogP contribution in [0.2, 0.25) is 0 Å². The van der Waals surface area contributed by atoms with Gasteiger partial charge in [-0.25, -0.2) is 4.79 Å². The zero-order chi connectivity index (χ0) is 26.5. The fourth-order valence-corrected chi connectivity index (χ4v) is 4.75. The van der Waals surface area contributed by atoms with E-state index in [1.807, 2.05) is 55.4 Å². The first kappa shape index (κ1) is 27.3. The Bertz CT molecular complexity index is 1040. The van der Waals surface area contributed by atoms with E-state index in [-0.39, 0.29) is 5.91 Å². The number of carboxylic acid groups (broad SMARTS) is 1. The number of nitrogens with one attached hydrogen (secondary N) is 1. The van der Waals surface area contributed by atoms with E-state index in [0.717, 1.165) is 30.5 Å². The van der Waals surface area contributed by atoms with Crippen molar-refractivity contribution in [2.75, 3.05) is 48.8 Å². The van der Waals surface area contributed by atoms with Gasteiger partial charge in [0.1, 0.15) is 0 Å². The monoisotopic (exact) mass is 506 g/mol. The Morgan fingerprint density at radius 2 is 1.67 bits per heavy atom. The van der Waals surface area contributed by atoms with E-state index in [1.54, 1.807) is 0 Å². The van der Waals surface area contributed by atoms with Gasteiger partial charge in [0.2, 0.25) is 0 Å². The fourth-order valence-electron chi connectivity index (χ4n) is 4.75. The van der Waals surface area contributed by atoms with Gasteiger partial charge in [0.05, 0.1) is 5.56 Å². The maximum absolute atomic E-state index is 12.7. The van der Waals surface area contributed by atoms with Crippen molar-refractivity contribution >= 4 is 28.9 Å². The summed E-state index contributed by atoms with van der Waals surface area (Å²) in [5, 5.41) is 10.2. The molecule has 2 aliphatic heterocycles. The molecule has 0 saturated carbocycles. The van der Waals surface area contributed by atoms with E-state index < -0.39 is 12.1 Å². The Morgan fingerprint density at radius 1 is 1.03 bits per heavy atom. The smallest absolute Gasteiger partial charge is 0.475 e. The van der Waals surface area contributed by atoms with Crippen LogP contribution in [0.3, 0.4) is 0 Å². The molecule has 4 rings (SSSR count). The van der Waals surface area contributed by atoms with Gasteiger partial charge in [-0.3, -0.25) is 9.69 Å². The fraction of sp³-hybridized carbons (Fsp3) is 0.462. The van der Waals surface area contributed by atoms with E-state index in [4.69, 9.17) is 9.90 Å². The lowest BCUT2D eigenvalue weighted by molar-refractivity contribution is -0.192. The average molecular weight is 507 g/mol. The number of halogens is 3. The van der Waals surface area contributed by atoms with Crippen LogP contribution in [-0.4, -0.2) is 73.9 Å². The third-order valence-corrected chi connectivity index (χ3v) is 6.60. The Balaban J connectivity index is 0.000000454. The van der Waals surface area contributed by atoms with Crippen LogP contribution < -0.4 is 15.1 Å². The van der Waals surface area contributed by atoms with Crippen molar-refractivity contribution in [3.63, 3.8) is 0 Å². The number of anilines is 3. The normalized spacial score (nSPS) is 20.0. The lowest BCUT2D eigenvalue weighted by atomic mass is 10.1. The van der Waals surface area contributed by atoms with E-state index in [2.05, 4.69) is 34.2 Å². The topological polar surface area (TPSA) is 76.1 Å². The third-order valence-electron chi connectivity index (χ3n) is 6.60. The van der Waals surface area contributed by atoms with Crippen molar-refractivity contribution < 1.29 is 27.9 Å². The summed E-state index contributed by atoms with van der Waals surface area (Å²) in [4.78, 5) is 28.8. The minimum absolute atomic E-state index is 0.0775. The van der Waals surface area contributed by atoms with Gasteiger partial charge in [-0.2, -0.15) is 13.2 Å². The zero-order valence-corrected chi connectivity index (χ0v) is 20.8. The number of para-hydroxylation sites is 1. The Kier molecular flexibility index (Phi) is 8.84. The summed E-state index contributed by atoms with van der Waals surface area (Å²) in [5.41, 5.74) is 3.67. The molecular weight excluding hydrogens is 473 g/mol. The molecule has 196 valence electrons. The number of carbonyl (C=O) groups is 2. The molecule has 2 heterocycles. The average Bonchev–Trinajstić information content (AvgIpc) is 3.48. The van der Waals surface area contributed by atoms with E-state index in [0.29, 0.717) is 11.6 Å². The number of carbonyl (C=O) groups excluding carboxylic acids is 1. The number of likely N-dealkylation sites (tertiary alicyclic amines) is 1. The number of carboxylic acids is 1. The molecule has 0 bridgehead atoms. The molecule has 0 aromatic heterocycles. The molecule has 0 radical (unpaired) electrons. The van der Waals surface area contributed by atoms with Crippen LogP contribution in [0.25, 0.3) is 0 Å². The summed E-state index contributed by atoms with van der Waals surface area (Å²) in [5.74, 6) is -2.83. The van der Waals surface area contributed by atoms with Crippen LogP contribution in [-0.2, 0) is 4.79 Å². The van der Waals surface area contributed by atoms with Gasteiger partial charge in [0, 0.05) is 56.3 Å². The second-order valence-corrected chi connectivity index (χ2v) is 9.33. The van der Waals surface area contributed by atoms with E-state index >= 15 is 0 Å². The van der Waals surface area contributed by atoms with E-state index in [1.165, 1.54) is 31.5 Å². The summed E-state index contributed by atoms with van der Waals surface area (Å²) < 4.78 is 31.7. The molecule has 2 fully saturated rings. The molecule has 10 heteroatoms. The van der Waals surface area contributed by atoms with Crippen LogP contribution in [0.15, 0.2) is 48.5 Å². The van der Waals surface area contributed by atoms with Crippen molar-refractivity contribution in [1.29, 1.82) is 0 Å². The SMILES string of the molecule is CC1CCCN1C1CCN(c2ccc(NC(=O)c3ccccc3N(C)C)cc2)C1.O=C(O)C(F)(F)F. The van der Waals surface area contributed by atoms with Crippen LogP contribution in [0.1, 0.15) is 36.5 Å². The highest BCUT2D eigenvalue weighted by Crippen LogP contribution is 2.29. The number of benzene rings is 2. The van der Waals surface area contributed by atoms with Crippen LogP contribution in [0.5, 0.6) is 0 Å². The van der Waals surface area contributed by atoms with Crippen molar-refractivity contribution in [2.45, 2.75) is 44.4 Å². The number of rotatable bonds is 5. The maximum Gasteiger partial charge on any atom is 0.490 e. The summed E-state index contributed by atoms with van der Waals surface area (Å²) >= 11 is 0. The second kappa shape index (κ2) is 11.6. The minimum Gasteiger partial charge on any atom is -0.475 e. The van der Waals surface area contributed by atoms with Crippen LogP contribution in [0, 0.1) is 0 Å². The summed E-state index contributed by atoms with van der Waals surface area (Å²) in [6, 6.07) is 17.4. The number of amides is 1. The lowest BCUT2D eigenvalue weighted by Gasteiger charge is -2.28. The minimum atomic E-state index is -5.08. The standard InChI is InChI=1S/C24H32N4O.C2HF3O2/c1-18-7-6-15-28(18)21-14-16-27(17-21)20-12-10-19(11-13-20)25-24(29)22-8-4-5-9-23(22)26(2)3;3-2(4,5)1(6)7/h4-5,8-13,18,21H,6-7,14-17H2,1-3H3,(H,25,29);(H,6,7). The maximum atomic E-state index is 12.7. The molecule has 0 aliphatic carbocycles. The van der Waals surface area contributed by atoms with Gasteiger partial charge in [0.25, 0.3) is 5.91 Å². The highest BCUT2D eigenvalue weighted by molar-refractivity contribution is 6.08. The first-order valence-electron chi connectivity index (χ1n) is 12.0. The van der Waals surface area contributed by atoms with Gasteiger partial charge in [-0.05, 0) is 69.1 Å². The van der Waals surface area contributed by atoms with Crippen molar-refractivity contribution in [2.24, 2.45) is 0 Å². The highest BCUT2D eigenvalue weighted by atomic mass is 19.4. The van der Waals surface area contributed by atoms with Crippen molar-refractivity contribution in [1.82, 2.24) is 4.90 Å². The first-order chi connectivity index (χ1) is 17.0. The largest absolute Gasteiger partial charge is 0.490 e. The van der Waals surface area contributed by atoms with Gasteiger partial charge in [-0.1, -0.05) is 12.1 Å². The quantitative estimate of drug-likeness (QED) is 0.612. The number of aliphatic carboxylic acids is 1. The summed E-state index contributed by atoms with van der Waals surface area (Å²) in [6.07, 6.45) is -1.17. The molecule has 36 heavy (non-hydrogen) atoms. The molecule has 2 atom stereocenters. The Labute approximate surface area is 209 Å².